The van der Waals surface area contributed by atoms with Crippen LogP contribution in [0.4, 0.5) is 0 Å². The molecule has 0 amide bonds. The van der Waals surface area contributed by atoms with Gasteiger partial charge in [0.2, 0.25) is 0 Å². The van der Waals surface area contributed by atoms with Crippen molar-refractivity contribution < 1.29 is 13.7 Å². The maximum atomic E-state index is 10.5. The van der Waals surface area contributed by atoms with Gasteiger partial charge in [0.15, 0.2) is 0 Å². The normalized spacial score (nSPS) is 13.4. The second-order valence-electron chi connectivity index (χ2n) is 1.70. The van der Waals surface area contributed by atoms with Crippen LogP contribution >= 0.6 is 28.6 Å². The van der Waals surface area contributed by atoms with Crippen molar-refractivity contribution in [3.63, 3.8) is 0 Å². The van der Waals surface area contributed by atoms with Gasteiger partial charge in [0.1, 0.15) is 13.6 Å². The van der Waals surface area contributed by atoms with Gasteiger partial charge in [-0.3, -0.25) is 0 Å². The third-order valence-electron chi connectivity index (χ3n) is 0.849. The van der Waals surface area contributed by atoms with E-state index in [0.29, 0.717) is 0 Å². The second kappa shape index (κ2) is 4.22. The fourth-order valence-corrected chi connectivity index (χ4v) is 0.694. The Labute approximate surface area is 69.6 Å². The molecule has 0 saturated heterocycles. The molecule has 60 valence electrons. The highest BCUT2D eigenvalue weighted by Crippen LogP contribution is 2.56. The fourth-order valence-electron chi connectivity index (χ4n) is 0.210. The van der Waals surface area contributed by atoms with Gasteiger partial charge in [0.05, 0.1) is 0 Å². The van der Waals surface area contributed by atoms with E-state index in [1.54, 1.807) is 11.6 Å². The zero-order chi connectivity index (χ0) is 8.20. The van der Waals surface area contributed by atoms with Crippen LogP contribution in [-0.4, -0.2) is 24.6 Å². The Balaban J connectivity index is 3.85. The molecule has 0 radical (unpaired) electrons. The summed E-state index contributed by atoms with van der Waals surface area (Å²) in [6, 6.07) is 0. The molecule has 0 rings (SSSR count). The second-order valence-corrected chi connectivity index (χ2v) is 5.93. The molecule has 0 aromatic rings. The van der Waals surface area contributed by atoms with Crippen LogP contribution in [0.5, 0.6) is 0 Å². The Kier molecular flexibility index (Phi) is 4.34. The third kappa shape index (κ3) is 6.40. The molecule has 0 heterocycles. The number of hydrogen-bond donors (Lipinski definition) is 0. The molecule has 10 heavy (non-hydrogen) atoms. The van der Waals surface area contributed by atoms with Gasteiger partial charge in [-0.05, 0) is 6.92 Å². The molecule has 0 aliphatic rings. The lowest BCUT2D eigenvalue weighted by Crippen LogP contribution is -2.05. The van der Waals surface area contributed by atoms with E-state index in [1.807, 2.05) is 6.92 Å². The van der Waals surface area contributed by atoms with E-state index in [2.05, 4.69) is 4.52 Å². The molecule has 0 aromatic heterocycles. The molecule has 0 bridgehead atoms. The SMILES string of the molecule is CC[N+](C)=COP(=O)(Cl)Cl. The van der Waals surface area contributed by atoms with Crippen molar-refractivity contribution in [1.29, 1.82) is 0 Å². The highest BCUT2D eigenvalue weighted by atomic mass is 35.9. The summed E-state index contributed by atoms with van der Waals surface area (Å²) >= 11 is 10.2. The van der Waals surface area contributed by atoms with Crippen LogP contribution < -0.4 is 0 Å². The van der Waals surface area contributed by atoms with Crippen molar-refractivity contribution in [3.05, 3.63) is 0 Å². The number of nitrogens with zero attached hydrogens (tertiary/aromatic N) is 1. The van der Waals surface area contributed by atoms with Gasteiger partial charge in [-0.15, -0.1) is 0 Å². The third-order valence-corrected chi connectivity index (χ3v) is 1.67. The van der Waals surface area contributed by atoms with Gasteiger partial charge in [-0.2, -0.15) is 0 Å². The zero-order valence-electron chi connectivity index (χ0n) is 5.75. The van der Waals surface area contributed by atoms with Gasteiger partial charge >= 0.3 is 12.5 Å². The van der Waals surface area contributed by atoms with Crippen LogP contribution in [0.2, 0.25) is 0 Å². The highest BCUT2D eigenvalue weighted by Gasteiger charge is 2.14. The first-order valence-corrected chi connectivity index (χ1v) is 6.10. The van der Waals surface area contributed by atoms with Gasteiger partial charge in [0, 0.05) is 22.5 Å². The smallest absolute Gasteiger partial charge is 0.373 e. The van der Waals surface area contributed by atoms with Crippen molar-refractivity contribution in [2.24, 2.45) is 0 Å². The average molecular weight is 205 g/mol. The monoisotopic (exact) mass is 204 g/mol. The topological polar surface area (TPSA) is 29.3 Å². The van der Waals surface area contributed by atoms with Crippen LogP contribution in [-0.2, 0) is 9.09 Å². The minimum Gasteiger partial charge on any atom is -0.373 e. The maximum absolute atomic E-state index is 10.5. The zero-order valence-corrected chi connectivity index (χ0v) is 8.16. The molecule has 3 nitrogen and oxygen atoms in total. The van der Waals surface area contributed by atoms with E-state index in [1.165, 1.54) is 6.40 Å². The first kappa shape index (κ1) is 10.3. The Morgan fingerprint density at radius 2 is 2.20 bits per heavy atom. The standard InChI is InChI=1S/C4H9Cl2NO2P/c1-3-7(2)4-9-10(5,6)8/h4H,3H2,1-2H3/q+1. The predicted octanol–water partition coefficient (Wildman–Crippen LogP) is 2.28. The van der Waals surface area contributed by atoms with E-state index < -0.39 is 6.07 Å². The summed E-state index contributed by atoms with van der Waals surface area (Å²) in [7, 11) is 1.75. The van der Waals surface area contributed by atoms with E-state index in [9.17, 15) is 4.57 Å². The summed E-state index contributed by atoms with van der Waals surface area (Å²) in [5, 5.41) is 0. The van der Waals surface area contributed by atoms with E-state index in [0.717, 1.165) is 6.54 Å². The Hall–Kier alpha value is 0.280. The van der Waals surface area contributed by atoms with Crippen molar-refractivity contribution in [2.75, 3.05) is 13.6 Å². The van der Waals surface area contributed by atoms with Crippen molar-refractivity contribution in [2.45, 2.75) is 6.92 Å². The molecule has 0 N–H and O–H groups in total. The lowest BCUT2D eigenvalue weighted by atomic mass is 10.7. The van der Waals surface area contributed by atoms with Crippen LogP contribution in [0.3, 0.4) is 0 Å². The number of halogens is 2. The molecule has 0 spiro atoms. The number of hydrogen-bond acceptors (Lipinski definition) is 2. The molecule has 0 aliphatic carbocycles. The first-order valence-electron chi connectivity index (χ1n) is 2.67. The van der Waals surface area contributed by atoms with Gasteiger partial charge < -0.3 is 4.52 Å². The number of rotatable bonds is 3. The van der Waals surface area contributed by atoms with Crippen LogP contribution in [0, 0.1) is 0 Å². The van der Waals surface area contributed by atoms with E-state index in [-0.39, 0.29) is 0 Å². The average Bonchev–Trinajstić information content (AvgIpc) is 1.81. The molecule has 0 fully saturated rings. The van der Waals surface area contributed by atoms with E-state index in [4.69, 9.17) is 22.5 Å². The minimum absolute atomic E-state index is 0.744. The Bertz CT molecular complexity index is 176. The Morgan fingerprint density at radius 3 is 2.50 bits per heavy atom. The van der Waals surface area contributed by atoms with Crippen LogP contribution in [0.25, 0.3) is 0 Å². The fraction of sp³-hybridized carbons (Fsp3) is 0.750. The summed E-state index contributed by atoms with van der Waals surface area (Å²) in [5.74, 6) is 0. The summed E-state index contributed by atoms with van der Waals surface area (Å²) in [6.07, 6.45) is -2.15. The summed E-state index contributed by atoms with van der Waals surface area (Å²) in [6.45, 7) is 2.65. The van der Waals surface area contributed by atoms with Crippen LogP contribution in [0.1, 0.15) is 6.92 Å². The summed E-state index contributed by atoms with van der Waals surface area (Å²) in [4.78, 5) is 0. The molecule has 0 aliphatic heterocycles. The van der Waals surface area contributed by atoms with Crippen molar-refractivity contribution in [3.8, 4) is 0 Å². The Morgan fingerprint density at radius 1 is 1.70 bits per heavy atom. The van der Waals surface area contributed by atoms with Crippen molar-refractivity contribution >= 4 is 35.0 Å². The quantitative estimate of drug-likeness (QED) is 0.306. The summed E-state index contributed by atoms with van der Waals surface area (Å²) in [5.41, 5.74) is 0. The molecule has 0 unspecified atom stereocenters. The van der Waals surface area contributed by atoms with E-state index >= 15 is 0 Å². The highest BCUT2D eigenvalue weighted by molar-refractivity contribution is 8.05. The van der Waals surface area contributed by atoms with Gasteiger partial charge in [-0.1, -0.05) is 0 Å². The summed E-state index contributed by atoms with van der Waals surface area (Å²) < 4.78 is 16.6. The maximum Gasteiger partial charge on any atom is 0.431 e. The lowest BCUT2D eigenvalue weighted by molar-refractivity contribution is -0.494. The molecular weight excluding hydrogens is 196 g/mol. The van der Waals surface area contributed by atoms with Crippen LogP contribution in [0.15, 0.2) is 0 Å². The molecular formula is C4H9Cl2NO2P+. The van der Waals surface area contributed by atoms with Gasteiger partial charge in [-0.25, -0.2) is 9.14 Å². The largest absolute Gasteiger partial charge is 0.431 e. The molecule has 6 heteroatoms. The molecule has 0 saturated carbocycles. The van der Waals surface area contributed by atoms with Crippen molar-refractivity contribution in [1.82, 2.24) is 0 Å². The lowest BCUT2D eigenvalue weighted by Gasteiger charge is -1.96. The molecule has 0 aromatic carbocycles. The first-order chi connectivity index (χ1) is 4.45. The predicted molar refractivity (Wildman–Crippen MR) is 43.2 cm³/mol. The molecule has 0 atom stereocenters. The minimum atomic E-state index is -3.39. The van der Waals surface area contributed by atoms with Gasteiger partial charge in [0.25, 0.3) is 0 Å².